The Morgan fingerprint density at radius 1 is 1.17 bits per heavy atom. The summed E-state index contributed by atoms with van der Waals surface area (Å²) in [6.45, 7) is 5.63. The van der Waals surface area contributed by atoms with Gasteiger partial charge in [0.05, 0.1) is 6.42 Å². The molecule has 1 aromatic carbocycles. The highest BCUT2D eigenvalue weighted by Crippen LogP contribution is 2.20. The van der Waals surface area contributed by atoms with Gasteiger partial charge in [0.1, 0.15) is 6.61 Å². The first-order valence-corrected chi connectivity index (χ1v) is 11.2. The van der Waals surface area contributed by atoms with Gasteiger partial charge >= 0.3 is 5.97 Å². The van der Waals surface area contributed by atoms with Crippen LogP contribution in [0.4, 0.5) is 0 Å². The first kappa shape index (κ1) is 23.0. The third-order valence-electron chi connectivity index (χ3n) is 4.79. The Balaban J connectivity index is 1.84. The molecule has 6 nitrogen and oxygen atoms in total. The van der Waals surface area contributed by atoms with Crippen LogP contribution in [0.5, 0.6) is 0 Å². The summed E-state index contributed by atoms with van der Waals surface area (Å²) in [5.74, 6) is 0.981. The molecule has 1 aromatic rings. The maximum Gasteiger partial charge on any atom is 0.306 e. The van der Waals surface area contributed by atoms with Crippen molar-refractivity contribution < 1.29 is 19.1 Å². The van der Waals surface area contributed by atoms with Crippen LogP contribution in [0.1, 0.15) is 31.2 Å². The summed E-state index contributed by atoms with van der Waals surface area (Å²) in [6.07, 6.45) is 3.44. The summed E-state index contributed by atoms with van der Waals surface area (Å²) in [5, 5.41) is 2.73. The molecule has 1 aliphatic heterocycles. The normalized spacial score (nSPS) is 14.7. The number of rotatable bonds is 11. The van der Waals surface area contributed by atoms with Gasteiger partial charge in [0, 0.05) is 37.1 Å². The summed E-state index contributed by atoms with van der Waals surface area (Å²) in [5.41, 5.74) is 0.926. The third-order valence-corrected chi connectivity index (χ3v) is 5.73. The Bertz CT molecular complexity index is 675. The van der Waals surface area contributed by atoms with E-state index in [1.54, 1.807) is 0 Å². The largest absolute Gasteiger partial charge is 0.461 e. The zero-order valence-electron chi connectivity index (χ0n) is 16.8. The molecule has 0 aromatic heterocycles. The fourth-order valence-corrected chi connectivity index (χ4v) is 4.06. The second kappa shape index (κ2) is 13.0. The second-order valence-corrected chi connectivity index (χ2v) is 8.20. The first-order valence-electron chi connectivity index (χ1n) is 10.1. The molecule has 7 heteroatoms. The van der Waals surface area contributed by atoms with E-state index >= 15 is 0 Å². The van der Waals surface area contributed by atoms with Crippen LogP contribution in [0, 0.1) is 5.92 Å². The van der Waals surface area contributed by atoms with E-state index in [0.717, 1.165) is 43.0 Å². The summed E-state index contributed by atoms with van der Waals surface area (Å²) in [4.78, 5) is 38.4. The Morgan fingerprint density at radius 3 is 2.59 bits per heavy atom. The van der Waals surface area contributed by atoms with Crippen molar-refractivity contribution in [2.24, 2.45) is 5.92 Å². The fourth-order valence-electron chi connectivity index (χ4n) is 3.15. The highest BCUT2D eigenvalue weighted by atomic mass is 32.2. The van der Waals surface area contributed by atoms with Gasteiger partial charge in [0.2, 0.25) is 11.8 Å². The van der Waals surface area contributed by atoms with Crippen LogP contribution in [-0.4, -0.2) is 53.8 Å². The number of thioether (sulfide) groups is 1. The smallest absolute Gasteiger partial charge is 0.306 e. The van der Waals surface area contributed by atoms with Crippen molar-refractivity contribution in [1.82, 2.24) is 10.2 Å². The topological polar surface area (TPSA) is 75.7 Å². The van der Waals surface area contributed by atoms with E-state index in [2.05, 4.69) is 11.9 Å². The van der Waals surface area contributed by atoms with Crippen molar-refractivity contribution in [2.75, 3.05) is 31.1 Å². The van der Waals surface area contributed by atoms with E-state index in [1.165, 1.54) is 6.08 Å². The van der Waals surface area contributed by atoms with Gasteiger partial charge in [-0.1, -0.05) is 43.3 Å². The van der Waals surface area contributed by atoms with Crippen LogP contribution < -0.4 is 5.32 Å². The monoisotopic (exact) mass is 418 g/mol. The van der Waals surface area contributed by atoms with Gasteiger partial charge in [-0.05, 0) is 24.5 Å². The molecule has 0 saturated carbocycles. The first-order chi connectivity index (χ1) is 14.1. The van der Waals surface area contributed by atoms with Crippen molar-refractivity contribution in [1.29, 1.82) is 0 Å². The zero-order valence-corrected chi connectivity index (χ0v) is 17.6. The number of esters is 1. The number of carbonyl (C=O) groups excluding carboxylic acids is 3. The number of nitrogens with one attached hydrogen (secondary N) is 1. The minimum absolute atomic E-state index is 0.0390. The number of hydrogen-bond donors (Lipinski definition) is 1. The lowest BCUT2D eigenvalue weighted by Gasteiger charge is -2.30. The zero-order chi connectivity index (χ0) is 20.9. The standard InChI is InChI=1S/C22H30N2O4S/c1-2-20(25)23-11-7-6-10-19(22(27)24-12-14-29-15-13-24)16-21(26)28-17-18-8-4-3-5-9-18/h2-5,8-9,19H,1,6-7,10-17H2,(H,23,25)/t19-/m1/s1. The lowest BCUT2D eigenvalue weighted by Crippen LogP contribution is -2.42. The highest BCUT2D eigenvalue weighted by molar-refractivity contribution is 7.99. The van der Waals surface area contributed by atoms with E-state index < -0.39 is 0 Å². The summed E-state index contributed by atoms with van der Waals surface area (Å²) in [7, 11) is 0. The van der Waals surface area contributed by atoms with Gasteiger partial charge in [0.15, 0.2) is 0 Å². The van der Waals surface area contributed by atoms with Crippen LogP contribution in [0.3, 0.4) is 0 Å². The van der Waals surface area contributed by atoms with Crippen molar-refractivity contribution in [3.63, 3.8) is 0 Å². The van der Waals surface area contributed by atoms with Crippen molar-refractivity contribution in [2.45, 2.75) is 32.3 Å². The van der Waals surface area contributed by atoms with Gasteiger partial charge in [-0.25, -0.2) is 0 Å². The number of ether oxygens (including phenoxy) is 1. The summed E-state index contributed by atoms with van der Waals surface area (Å²) >= 11 is 1.84. The number of carbonyl (C=O) groups is 3. The van der Waals surface area contributed by atoms with E-state index in [-0.39, 0.29) is 36.7 Å². The van der Waals surface area contributed by atoms with E-state index in [9.17, 15) is 14.4 Å². The van der Waals surface area contributed by atoms with Gasteiger partial charge in [-0.15, -0.1) is 0 Å². The molecule has 0 bridgehead atoms. The Hall–Kier alpha value is -2.28. The van der Waals surface area contributed by atoms with Gasteiger partial charge in [-0.2, -0.15) is 11.8 Å². The minimum Gasteiger partial charge on any atom is -0.461 e. The van der Waals surface area contributed by atoms with E-state index in [1.807, 2.05) is 47.0 Å². The van der Waals surface area contributed by atoms with E-state index in [4.69, 9.17) is 4.74 Å². The average Bonchev–Trinajstić information content (AvgIpc) is 2.77. The van der Waals surface area contributed by atoms with E-state index in [0.29, 0.717) is 13.0 Å². The van der Waals surface area contributed by atoms with Crippen LogP contribution in [-0.2, 0) is 25.7 Å². The second-order valence-electron chi connectivity index (χ2n) is 6.98. The molecule has 158 valence electrons. The number of nitrogens with zero attached hydrogens (tertiary/aromatic N) is 1. The molecule has 1 fully saturated rings. The molecule has 2 amide bonds. The molecule has 1 heterocycles. The maximum atomic E-state index is 13.0. The van der Waals surface area contributed by atoms with Crippen LogP contribution in [0.2, 0.25) is 0 Å². The molecule has 2 rings (SSSR count). The Kier molecular flexibility index (Phi) is 10.3. The lowest BCUT2D eigenvalue weighted by molar-refractivity contribution is -0.150. The summed E-state index contributed by atoms with van der Waals surface area (Å²) < 4.78 is 5.39. The molecular formula is C22H30N2O4S. The molecule has 1 atom stereocenters. The summed E-state index contributed by atoms with van der Waals surface area (Å²) in [6, 6.07) is 9.51. The maximum absolute atomic E-state index is 13.0. The van der Waals surface area contributed by atoms with Gasteiger partial charge < -0.3 is 15.0 Å². The predicted octanol–water partition coefficient (Wildman–Crippen LogP) is 2.78. The minimum atomic E-state index is -0.378. The van der Waals surface area contributed by atoms with Crippen molar-refractivity contribution in [3.8, 4) is 0 Å². The van der Waals surface area contributed by atoms with Crippen LogP contribution in [0.15, 0.2) is 43.0 Å². The molecule has 29 heavy (non-hydrogen) atoms. The quantitative estimate of drug-likeness (QED) is 0.340. The van der Waals surface area contributed by atoms with Crippen LogP contribution >= 0.6 is 11.8 Å². The molecule has 0 spiro atoms. The van der Waals surface area contributed by atoms with Crippen molar-refractivity contribution in [3.05, 3.63) is 48.6 Å². The van der Waals surface area contributed by atoms with Crippen molar-refractivity contribution >= 4 is 29.5 Å². The number of hydrogen-bond acceptors (Lipinski definition) is 5. The molecule has 1 aliphatic rings. The predicted molar refractivity (Wildman–Crippen MR) is 115 cm³/mol. The van der Waals surface area contributed by atoms with Gasteiger partial charge in [-0.3, -0.25) is 14.4 Å². The Morgan fingerprint density at radius 2 is 1.90 bits per heavy atom. The molecule has 1 saturated heterocycles. The number of unbranched alkanes of at least 4 members (excludes halogenated alkanes) is 1. The lowest BCUT2D eigenvalue weighted by atomic mass is 9.96. The number of amides is 2. The third kappa shape index (κ3) is 8.73. The van der Waals surface area contributed by atoms with Gasteiger partial charge in [0.25, 0.3) is 0 Å². The molecule has 1 N–H and O–H groups in total. The molecule has 0 aliphatic carbocycles. The highest BCUT2D eigenvalue weighted by Gasteiger charge is 2.28. The van der Waals surface area contributed by atoms with Crippen LogP contribution in [0.25, 0.3) is 0 Å². The Labute approximate surface area is 177 Å². The fraction of sp³-hybridized carbons (Fsp3) is 0.500. The molecular weight excluding hydrogens is 388 g/mol. The number of benzene rings is 1. The molecule has 0 unspecified atom stereocenters. The molecule has 0 radical (unpaired) electrons. The SMILES string of the molecule is C=CC(=O)NCCCC[C@H](CC(=O)OCc1ccccc1)C(=O)N1CCSCC1. The average molecular weight is 419 g/mol.